The Morgan fingerprint density at radius 2 is 2.07 bits per heavy atom. The normalized spacial score (nSPS) is 12.2. The zero-order valence-corrected chi connectivity index (χ0v) is 8.91. The topological polar surface area (TPSA) is 93.6 Å². The second-order valence-corrected chi connectivity index (χ2v) is 4.28. The smallest absolute Gasteiger partial charge is 0.179 e. The number of nitrogens with zero attached hydrogens (tertiary/aromatic N) is 2. The molecule has 0 aliphatic rings. The summed E-state index contributed by atoms with van der Waals surface area (Å²) in [5.41, 5.74) is 12.6. The lowest BCUT2D eigenvalue weighted by molar-refractivity contribution is 0.509. The molecule has 0 radical (unpaired) electrons. The number of imidazole rings is 1. The van der Waals surface area contributed by atoms with Crippen molar-refractivity contribution in [1.29, 1.82) is 0 Å². The summed E-state index contributed by atoms with van der Waals surface area (Å²) in [7, 11) is 0. The summed E-state index contributed by atoms with van der Waals surface area (Å²) >= 11 is 0. The number of aromatic nitrogens is 3. The summed E-state index contributed by atoms with van der Waals surface area (Å²) in [6.45, 7) is 4.60. The number of anilines is 1. The molecule has 0 aliphatic heterocycles. The van der Waals surface area contributed by atoms with Crippen LogP contribution in [0.2, 0.25) is 0 Å². The fourth-order valence-corrected chi connectivity index (χ4v) is 1.32. The van der Waals surface area contributed by atoms with Crippen LogP contribution in [0.1, 0.15) is 19.7 Å². The average Bonchev–Trinajstić information content (AvgIpc) is 2.61. The molecule has 5 nitrogen and oxygen atoms in total. The van der Waals surface area contributed by atoms with Crippen molar-refractivity contribution >= 4 is 17.0 Å². The Morgan fingerprint density at radius 1 is 1.33 bits per heavy atom. The third kappa shape index (κ3) is 1.66. The predicted molar refractivity (Wildman–Crippen MR) is 60.4 cm³/mol. The minimum atomic E-state index is -0.171. The van der Waals surface area contributed by atoms with Gasteiger partial charge in [-0.3, -0.25) is 0 Å². The van der Waals surface area contributed by atoms with Crippen molar-refractivity contribution in [3.05, 3.63) is 18.0 Å². The summed E-state index contributed by atoms with van der Waals surface area (Å²) in [6, 6.07) is 3.63. The monoisotopic (exact) mass is 205 g/mol. The number of rotatable bonds is 2. The molecule has 80 valence electrons. The summed E-state index contributed by atoms with van der Waals surface area (Å²) < 4.78 is 0. The van der Waals surface area contributed by atoms with E-state index in [0.717, 1.165) is 11.3 Å². The summed E-state index contributed by atoms with van der Waals surface area (Å²) in [4.78, 5) is 11.7. The number of fused-ring (bicyclic) bond motifs is 1. The highest BCUT2D eigenvalue weighted by Crippen LogP contribution is 2.21. The first kappa shape index (κ1) is 9.92. The summed E-state index contributed by atoms with van der Waals surface area (Å²) in [6.07, 6.45) is 0. The van der Waals surface area contributed by atoms with Crippen LogP contribution in [0.3, 0.4) is 0 Å². The highest BCUT2D eigenvalue weighted by Gasteiger charge is 2.22. The van der Waals surface area contributed by atoms with Crippen molar-refractivity contribution in [2.75, 3.05) is 12.3 Å². The Kier molecular flexibility index (Phi) is 2.12. The van der Waals surface area contributed by atoms with Gasteiger partial charge in [-0.05, 0) is 12.1 Å². The van der Waals surface area contributed by atoms with E-state index >= 15 is 0 Å². The van der Waals surface area contributed by atoms with E-state index in [0.29, 0.717) is 18.0 Å². The van der Waals surface area contributed by atoms with E-state index in [9.17, 15) is 0 Å². The first-order valence-electron chi connectivity index (χ1n) is 4.86. The van der Waals surface area contributed by atoms with Crippen molar-refractivity contribution < 1.29 is 0 Å². The minimum Gasteiger partial charge on any atom is -0.384 e. The molecule has 0 aliphatic carbocycles. The molecule has 0 saturated carbocycles. The van der Waals surface area contributed by atoms with Crippen molar-refractivity contribution in [2.24, 2.45) is 5.73 Å². The molecule has 0 aromatic carbocycles. The molecule has 0 fully saturated rings. The van der Waals surface area contributed by atoms with Gasteiger partial charge in [-0.1, -0.05) is 13.8 Å². The van der Waals surface area contributed by atoms with Gasteiger partial charge < -0.3 is 16.5 Å². The summed E-state index contributed by atoms with van der Waals surface area (Å²) in [5.74, 6) is 1.32. The van der Waals surface area contributed by atoms with Crippen LogP contribution in [-0.2, 0) is 5.41 Å². The first-order valence-corrected chi connectivity index (χ1v) is 4.86. The highest BCUT2D eigenvalue weighted by atomic mass is 15.0. The van der Waals surface area contributed by atoms with Gasteiger partial charge in [0.05, 0.1) is 5.52 Å². The van der Waals surface area contributed by atoms with Crippen LogP contribution in [-0.4, -0.2) is 21.5 Å². The minimum absolute atomic E-state index is 0.171. The highest BCUT2D eigenvalue weighted by molar-refractivity contribution is 5.72. The van der Waals surface area contributed by atoms with E-state index in [-0.39, 0.29) is 5.41 Å². The molecule has 2 aromatic rings. The Balaban J connectivity index is 2.56. The van der Waals surface area contributed by atoms with Crippen LogP contribution < -0.4 is 11.5 Å². The quantitative estimate of drug-likeness (QED) is 0.675. The molecular weight excluding hydrogens is 190 g/mol. The molecule has 2 rings (SSSR count). The molecule has 0 unspecified atom stereocenters. The molecule has 0 spiro atoms. The molecule has 2 heterocycles. The van der Waals surface area contributed by atoms with Crippen LogP contribution in [0.5, 0.6) is 0 Å². The number of pyridine rings is 1. The van der Waals surface area contributed by atoms with Gasteiger partial charge in [0, 0.05) is 12.0 Å². The Hall–Kier alpha value is -1.62. The van der Waals surface area contributed by atoms with Gasteiger partial charge in [-0.2, -0.15) is 0 Å². The van der Waals surface area contributed by atoms with E-state index in [2.05, 4.69) is 15.0 Å². The number of hydrogen-bond acceptors (Lipinski definition) is 4. The maximum Gasteiger partial charge on any atom is 0.179 e. The first-order chi connectivity index (χ1) is 7.03. The lowest BCUT2D eigenvalue weighted by Crippen LogP contribution is -2.29. The van der Waals surface area contributed by atoms with Gasteiger partial charge in [0.2, 0.25) is 0 Å². The second kappa shape index (κ2) is 3.20. The van der Waals surface area contributed by atoms with Gasteiger partial charge in [-0.25, -0.2) is 9.97 Å². The van der Waals surface area contributed by atoms with Crippen LogP contribution in [0.15, 0.2) is 12.1 Å². The van der Waals surface area contributed by atoms with Gasteiger partial charge in [0.1, 0.15) is 11.6 Å². The Labute approximate surface area is 87.9 Å². The third-order valence-electron chi connectivity index (χ3n) is 2.52. The van der Waals surface area contributed by atoms with Crippen molar-refractivity contribution in [2.45, 2.75) is 19.3 Å². The van der Waals surface area contributed by atoms with Crippen molar-refractivity contribution in [3.8, 4) is 0 Å². The predicted octanol–water partition coefficient (Wildman–Crippen LogP) is 0.776. The van der Waals surface area contributed by atoms with Gasteiger partial charge >= 0.3 is 0 Å². The molecule has 0 amide bonds. The Morgan fingerprint density at radius 3 is 2.73 bits per heavy atom. The zero-order chi connectivity index (χ0) is 11.1. The molecule has 0 atom stereocenters. The number of hydrogen-bond donors (Lipinski definition) is 3. The zero-order valence-electron chi connectivity index (χ0n) is 8.91. The molecule has 5 N–H and O–H groups in total. The van der Waals surface area contributed by atoms with E-state index in [1.165, 1.54) is 0 Å². The maximum atomic E-state index is 5.68. The van der Waals surface area contributed by atoms with Crippen molar-refractivity contribution in [3.63, 3.8) is 0 Å². The van der Waals surface area contributed by atoms with Gasteiger partial charge in [0.15, 0.2) is 5.65 Å². The van der Waals surface area contributed by atoms with Crippen LogP contribution in [0.4, 0.5) is 5.82 Å². The van der Waals surface area contributed by atoms with Crippen LogP contribution in [0, 0.1) is 0 Å². The molecule has 2 aromatic heterocycles. The van der Waals surface area contributed by atoms with E-state index < -0.39 is 0 Å². The van der Waals surface area contributed by atoms with Gasteiger partial charge in [-0.15, -0.1) is 0 Å². The Bertz CT molecular complexity index is 486. The number of nitrogens with one attached hydrogen (secondary N) is 1. The van der Waals surface area contributed by atoms with E-state index in [1.807, 2.05) is 19.9 Å². The lowest BCUT2D eigenvalue weighted by atomic mass is 9.93. The summed E-state index contributed by atoms with van der Waals surface area (Å²) in [5, 5.41) is 0. The fourth-order valence-electron chi connectivity index (χ4n) is 1.32. The molecule has 15 heavy (non-hydrogen) atoms. The van der Waals surface area contributed by atoms with Crippen LogP contribution in [0.25, 0.3) is 11.2 Å². The molecule has 0 bridgehead atoms. The van der Waals surface area contributed by atoms with E-state index in [1.54, 1.807) is 6.07 Å². The molecule has 5 heteroatoms. The van der Waals surface area contributed by atoms with E-state index in [4.69, 9.17) is 11.5 Å². The SMILES string of the molecule is CC(C)(CN)c1nc2nc(N)ccc2[nH]1. The average molecular weight is 205 g/mol. The number of nitrogen functional groups attached to an aromatic ring is 1. The number of nitrogens with two attached hydrogens (primary N) is 2. The molecule has 0 saturated heterocycles. The van der Waals surface area contributed by atoms with Gasteiger partial charge in [0.25, 0.3) is 0 Å². The lowest BCUT2D eigenvalue weighted by Gasteiger charge is -2.18. The van der Waals surface area contributed by atoms with Crippen molar-refractivity contribution in [1.82, 2.24) is 15.0 Å². The fraction of sp³-hybridized carbons (Fsp3) is 0.400. The third-order valence-corrected chi connectivity index (χ3v) is 2.52. The largest absolute Gasteiger partial charge is 0.384 e. The maximum absolute atomic E-state index is 5.68. The van der Waals surface area contributed by atoms with Crippen LogP contribution >= 0.6 is 0 Å². The second-order valence-electron chi connectivity index (χ2n) is 4.28. The standard InChI is InChI=1S/C10H15N5/c1-10(2,5-11)9-13-6-3-4-7(12)14-8(6)15-9/h3-4H,5,11H2,1-2H3,(H3,12,13,14,15). The number of aromatic amines is 1. The number of H-pyrrole nitrogens is 1. The molecular formula is C10H15N5.